The lowest BCUT2D eigenvalue weighted by atomic mass is 10.0. The second-order valence-electron chi connectivity index (χ2n) is 4.91. The van der Waals surface area contributed by atoms with Crippen LogP contribution < -0.4 is 5.73 Å². The molecule has 0 aliphatic heterocycles. The topological polar surface area (TPSA) is 52.0 Å². The lowest BCUT2D eigenvalue weighted by Crippen LogP contribution is -2.28. The van der Waals surface area contributed by atoms with Crippen molar-refractivity contribution in [3.63, 3.8) is 0 Å². The van der Waals surface area contributed by atoms with Crippen LogP contribution in [0.2, 0.25) is 0 Å². The van der Waals surface area contributed by atoms with Crippen molar-refractivity contribution in [1.82, 2.24) is 4.98 Å². The second-order valence-corrected chi connectivity index (χ2v) is 5.76. The zero-order valence-electron chi connectivity index (χ0n) is 10.3. The average molecular weight is 258 g/mol. The van der Waals surface area contributed by atoms with E-state index in [9.17, 15) is 0 Å². The zero-order valence-corrected chi connectivity index (χ0v) is 11.1. The summed E-state index contributed by atoms with van der Waals surface area (Å²) in [5.41, 5.74) is 8.48. The Hall–Kier alpha value is -1.65. The largest absolute Gasteiger partial charge is 0.464 e. The van der Waals surface area contributed by atoms with Crippen LogP contribution in [0.1, 0.15) is 19.5 Å². The number of benzene rings is 1. The molecule has 2 N–H and O–H groups in total. The van der Waals surface area contributed by atoms with Gasteiger partial charge in [0.1, 0.15) is 16.9 Å². The Morgan fingerprint density at radius 2 is 2.06 bits per heavy atom. The minimum absolute atomic E-state index is 0.408. The van der Waals surface area contributed by atoms with Crippen LogP contribution in [0.3, 0.4) is 0 Å². The summed E-state index contributed by atoms with van der Waals surface area (Å²) in [6.45, 7) is 3.92. The van der Waals surface area contributed by atoms with Crippen LogP contribution in [0.25, 0.3) is 21.5 Å². The fourth-order valence-corrected chi connectivity index (χ4v) is 2.85. The van der Waals surface area contributed by atoms with Crippen molar-refractivity contribution in [2.45, 2.75) is 19.4 Å². The number of rotatable bonds is 2. The van der Waals surface area contributed by atoms with E-state index in [1.165, 1.54) is 0 Å². The van der Waals surface area contributed by atoms with Gasteiger partial charge in [0, 0.05) is 10.8 Å². The van der Waals surface area contributed by atoms with Gasteiger partial charge >= 0.3 is 0 Å². The molecule has 2 heterocycles. The second kappa shape index (κ2) is 3.93. The van der Waals surface area contributed by atoms with Crippen molar-refractivity contribution in [3.8, 4) is 10.6 Å². The third-order valence-corrected chi connectivity index (χ3v) is 3.75. The molecule has 18 heavy (non-hydrogen) atoms. The summed E-state index contributed by atoms with van der Waals surface area (Å²) in [6, 6.07) is 7.97. The molecule has 3 aromatic rings. The van der Waals surface area contributed by atoms with Gasteiger partial charge in [-0.1, -0.05) is 18.2 Å². The molecule has 0 spiro atoms. The van der Waals surface area contributed by atoms with E-state index >= 15 is 0 Å². The number of fused-ring (bicyclic) bond motifs is 1. The van der Waals surface area contributed by atoms with Crippen LogP contribution in [0.15, 0.2) is 40.3 Å². The Balaban J connectivity index is 2.13. The third kappa shape index (κ3) is 1.83. The molecule has 1 aromatic carbocycles. The highest BCUT2D eigenvalue weighted by atomic mass is 32.1. The number of aromatic nitrogens is 1. The number of hydrogen-bond acceptors (Lipinski definition) is 4. The van der Waals surface area contributed by atoms with E-state index in [1.807, 2.05) is 43.5 Å². The predicted molar refractivity (Wildman–Crippen MR) is 74.5 cm³/mol. The number of thiazole rings is 1. The van der Waals surface area contributed by atoms with Crippen molar-refractivity contribution in [3.05, 3.63) is 41.6 Å². The summed E-state index contributed by atoms with van der Waals surface area (Å²) in [6.07, 6.45) is 1.76. The summed E-state index contributed by atoms with van der Waals surface area (Å²) in [7, 11) is 0. The maximum absolute atomic E-state index is 6.06. The number of para-hydroxylation sites is 1. The first kappa shape index (κ1) is 11.4. The predicted octanol–water partition coefficient (Wildman–Crippen LogP) is 3.75. The molecule has 2 aromatic heterocycles. The molecule has 0 fully saturated rings. The smallest absolute Gasteiger partial charge is 0.134 e. The van der Waals surface area contributed by atoms with Gasteiger partial charge in [-0.05, 0) is 19.9 Å². The van der Waals surface area contributed by atoms with Crippen molar-refractivity contribution < 1.29 is 4.42 Å². The fraction of sp³-hybridized carbons (Fsp3) is 0.214. The standard InChI is InChI=1S/C14H14N2OS/c1-14(2,15)12-8-18-13(16-12)10-7-17-11-6-4-3-5-9(10)11/h3-8H,15H2,1-2H3. The Labute approximate surface area is 109 Å². The van der Waals surface area contributed by atoms with Gasteiger partial charge in [-0.3, -0.25) is 0 Å². The van der Waals surface area contributed by atoms with E-state index in [0.717, 1.165) is 27.2 Å². The first-order chi connectivity index (χ1) is 8.55. The molecule has 0 aliphatic carbocycles. The van der Waals surface area contributed by atoms with Crippen molar-refractivity contribution in [2.75, 3.05) is 0 Å². The summed E-state index contributed by atoms with van der Waals surface area (Å²) in [4.78, 5) is 4.61. The molecule has 4 heteroatoms. The van der Waals surface area contributed by atoms with Gasteiger partial charge in [-0.15, -0.1) is 11.3 Å². The van der Waals surface area contributed by atoms with Crippen LogP contribution in [-0.2, 0) is 5.54 Å². The summed E-state index contributed by atoms with van der Waals surface area (Å²) in [5.74, 6) is 0. The number of nitrogens with two attached hydrogens (primary N) is 1. The molecule has 0 bridgehead atoms. The minimum Gasteiger partial charge on any atom is -0.464 e. The minimum atomic E-state index is -0.408. The van der Waals surface area contributed by atoms with Gasteiger partial charge in [0.15, 0.2) is 0 Å². The van der Waals surface area contributed by atoms with Crippen LogP contribution in [0.5, 0.6) is 0 Å². The van der Waals surface area contributed by atoms with Gasteiger partial charge in [-0.2, -0.15) is 0 Å². The molecule has 0 aliphatic rings. The molecular formula is C14H14N2OS. The van der Waals surface area contributed by atoms with E-state index in [1.54, 1.807) is 17.6 Å². The summed E-state index contributed by atoms with van der Waals surface area (Å²) >= 11 is 1.60. The maximum atomic E-state index is 6.06. The Bertz CT molecular complexity index is 691. The molecule has 0 unspecified atom stereocenters. The zero-order chi connectivity index (χ0) is 12.8. The van der Waals surface area contributed by atoms with Gasteiger partial charge in [0.05, 0.1) is 16.8 Å². The highest BCUT2D eigenvalue weighted by Crippen LogP contribution is 2.33. The van der Waals surface area contributed by atoms with Crippen molar-refractivity contribution in [2.24, 2.45) is 5.73 Å². The Morgan fingerprint density at radius 3 is 2.78 bits per heavy atom. The van der Waals surface area contributed by atoms with E-state index in [-0.39, 0.29) is 0 Å². The lowest BCUT2D eigenvalue weighted by molar-refractivity contribution is 0.539. The lowest BCUT2D eigenvalue weighted by Gasteiger charge is -2.14. The van der Waals surface area contributed by atoms with E-state index in [4.69, 9.17) is 10.2 Å². The van der Waals surface area contributed by atoms with Crippen LogP contribution in [-0.4, -0.2) is 4.98 Å². The molecule has 0 atom stereocenters. The average Bonchev–Trinajstić information content (AvgIpc) is 2.94. The van der Waals surface area contributed by atoms with Crippen LogP contribution >= 0.6 is 11.3 Å². The molecular weight excluding hydrogens is 244 g/mol. The molecule has 0 saturated heterocycles. The first-order valence-corrected chi connectivity index (χ1v) is 6.65. The molecule has 0 saturated carbocycles. The van der Waals surface area contributed by atoms with E-state index in [2.05, 4.69) is 4.98 Å². The van der Waals surface area contributed by atoms with Gasteiger partial charge in [-0.25, -0.2) is 4.98 Å². The normalized spacial score (nSPS) is 12.2. The molecule has 3 nitrogen and oxygen atoms in total. The molecule has 3 rings (SSSR count). The quantitative estimate of drug-likeness (QED) is 0.761. The number of furan rings is 1. The first-order valence-electron chi connectivity index (χ1n) is 5.77. The Morgan fingerprint density at radius 1 is 1.28 bits per heavy atom. The molecule has 0 radical (unpaired) electrons. The fourth-order valence-electron chi connectivity index (χ4n) is 1.84. The Kier molecular flexibility index (Phi) is 2.50. The van der Waals surface area contributed by atoms with Gasteiger partial charge < -0.3 is 10.2 Å². The third-order valence-electron chi connectivity index (χ3n) is 2.88. The summed E-state index contributed by atoms with van der Waals surface area (Å²) in [5, 5.41) is 4.05. The van der Waals surface area contributed by atoms with Crippen molar-refractivity contribution >= 4 is 22.3 Å². The van der Waals surface area contributed by atoms with Crippen LogP contribution in [0.4, 0.5) is 0 Å². The van der Waals surface area contributed by atoms with Gasteiger partial charge in [0.2, 0.25) is 0 Å². The van der Waals surface area contributed by atoms with Crippen LogP contribution in [0, 0.1) is 0 Å². The van der Waals surface area contributed by atoms with Crippen molar-refractivity contribution in [1.29, 1.82) is 0 Å². The SMILES string of the molecule is CC(C)(N)c1csc(-c2coc3ccccc23)n1. The monoisotopic (exact) mass is 258 g/mol. The van der Waals surface area contributed by atoms with Gasteiger partial charge in [0.25, 0.3) is 0 Å². The molecule has 92 valence electrons. The highest BCUT2D eigenvalue weighted by Gasteiger charge is 2.19. The van der Waals surface area contributed by atoms with E-state index in [0.29, 0.717) is 0 Å². The number of nitrogens with zero attached hydrogens (tertiary/aromatic N) is 1. The highest BCUT2D eigenvalue weighted by molar-refractivity contribution is 7.13. The molecule has 0 amide bonds. The maximum Gasteiger partial charge on any atom is 0.134 e. The number of hydrogen-bond donors (Lipinski definition) is 1. The van der Waals surface area contributed by atoms with E-state index < -0.39 is 5.54 Å². The summed E-state index contributed by atoms with van der Waals surface area (Å²) < 4.78 is 5.53.